The molecule has 0 aliphatic carbocycles. The molecule has 6 nitrogen and oxygen atoms in total. The Labute approximate surface area is 174 Å². The van der Waals surface area contributed by atoms with Crippen LogP contribution in [-0.2, 0) is 17.6 Å². The number of rotatable bonds is 10. The van der Waals surface area contributed by atoms with E-state index in [9.17, 15) is 4.79 Å². The fraction of sp³-hybridized carbons (Fsp3) is 0.318. The van der Waals surface area contributed by atoms with Crippen LogP contribution in [0.2, 0.25) is 0 Å². The first-order valence-corrected chi connectivity index (χ1v) is 10.4. The molecule has 7 heteroatoms. The van der Waals surface area contributed by atoms with Crippen molar-refractivity contribution in [2.45, 2.75) is 25.7 Å². The van der Waals surface area contributed by atoms with Gasteiger partial charge in [-0.25, -0.2) is 4.98 Å². The van der Waals surface area contributed by atoms with Crippen LogP contribution in [0, 0.1) is 0 Å². The second-order valence-electron chi connectivity index (χ2n) is 6.47. The summed E-state index contributed by atoms with van der Waals surface area (Å²) in [5.74, 6) is 1.41. The standard InChI is InChI=1S/C22H25N3O3S/c1-27-19-6-3-5-17(22(19)28-2)8-9-20(26)24-12-4-7-21-25-18(15-29-21)16-10-13-23-14-11-16/h3,5-6,10-11,13-15H,4,7-9,12H2,1-2H3,(H,24,26). The summed E-state index contributed by atoms with van der Waals surface area (Å²) in [5.41, 5.74) is 3.01. The molecule has 0 fully saturated rings. The number of carbonyl (C=O) groups is 1. The number of ether oxygens (including phenoxy) is 2. The van der Waals surface area contributed by atoms with Crippen molar-refractivity contribution in [3.63, 3.8) is 0 Å². The van der Waals surface area contributed by atoms with E-state index in [1.807, 2.05) is 30.3 Å². The molecule has 0 unspecified atom stereocenters. The molecule has 3 aromatic rings. The average molecular weight is 412 g/mol. The average Bonchev–Trinajstić information content (AvgIpc) is 3.24. The molecule has 2 aromatic heterocycles. The first-order valence-electron chi connectivity index (χ1n) is 9.52. The maximum atomic E-state index is 12.2. The van der Waals surface area contributed by atoms with Crippen LogP contribution in [0.5, 0.6) is 11.5 Å². The number of nitrogens with zero attached hydrogens (tertiary/aromatic N) is 2. The second kappa shape index (κ2) is 10.6. The minimum Gasteiger partial charge on any atom is -0.493 e. The van der Waals surface area contributed by atoms with Crippen molar-refractivity contribution < 1.29 is 14.3 Å². The zero-order chi connectivity index (χ0) is 20.5. The molecule has 0 aliphatic heterocycles. The Morgan fingerprint density at radius 3 is 2.69 bits per heavy atom. The van der Waals surface area contributed by atoms with Gasteiger partial charge >= 0.3 is 0 Å². The predicted molar refractivity (Wildman–Crippen MR) is 115 cm³/mol. The number of pyridine rings is 1. The van der Waals surface area contributed by atoms with Gasteiger partial charge in [-0.2, -0.15) is 0 Å². The molecule has 0 saturated carbocycles. The topological polar surface area (TPSA) is 73.3 Å². The Morgan fingerprint density at radius 2 is 1.93 bits per heavy atom. The van der Waals surface area contributed by atoms with Gasteiger partial charge < -0.3 is 14.8 Å². The van der Waals surface area contributed by atoms with Gasteiger partial charge in [0.15, 0.2) is 11.5 Å². The molecule has 0 radical (unpaired) electrons. The van der Waals surface area contributed by atoms with Crippen LogP contribution < -0.4 is 14.8 Å². The predicted octanol–water partition coefficient (Wildman–Crippen LogP) is 3.90. The first-order chi connectivity index (χ1) is 14.2. The number of nitrogens with one attached hydrogen (secondary N) is 1. The number of benzene rings is 1. The smallest absolute Gasteiger partial charge is 0.220 e. The number of para-hydroxylation sites is 1. The van der Waals surface area contributed by atoms with Crippen LogP contribution in [-0.4, -0.2) is 36.6 Å². The van der Waals surface area contributed by atoms with E-state index in [1.165, 1.54) is 0 Å². The van der Waals surface area contributed by atoms with Crippen LogP contribution in [0.4, 0.5) is 0 Å². The summed E-state index contributed by atoms with van der Waals surface area (Å²) >= 11 is 1.65. The molecule has 0 saturated heterocycles. The first kappa shape index (κ1) is 20.8. The molecular formula is C22H25N3O3S. The van der Waals surface area contributed by atoms with Crippen molar-refractivity contribution >= 4 is 17.2 Å². The highest BCUT2D eigenvalue weighted by atomic mass is 32.1. The van der Waals surface area contributed by atoms with Crippen LogP contribution in [0.15, 0.2) is 48.1 Å². The normalized spacial score (nSPS) is 10.6. The molecule has 0 bridgehead atoms. The summed E-state index contributed by atoms with van der Waals surface area (Å²) in [6.45, 7) is 0.637. The van der Waals surface area contributed by atoms with Gasteiger partial charge in [-0.15, -0.1) is 11.3 Å². The summed E-state index contributed by atoms with van der Waals surface area (Å²) < 4.78 is 10.7. The van der Waals surface area contributed by atoms with E-state index in [-0.39, 0.29) is 5.91 Å². The van der Waals surface area contributed by atoms with E-state index in [1.54, 1.807) is 38.0 Å². The molecule has 1 aromatic carbocycles. The molecule has 0 spiro atoms. The Kier molecular flexibility index (Phi) is 7.58. The zero-order valence-electron chi connectivity index (χ0n) is 16.7. The van der Waals surface area contributed by atoms with E-state index in [0.717, 1.165) is 34.7 Å². The Morgan fingerprint density at radius 1 is 1.10 bits per heavy atom. The van der Waals surface area contributed by atoms with Crippen molar-refractivity contribution in [1.82, 2.24) is 15.3 Å². The molecule has 0 aliphatic rings. The van der Waals surface area contributed by atoms with E-state index in [2.05, 4.69) is 20.7 Å². The fourth-order valence-corrected chi connectivity index (χ4v) is 3.89. The highest BCUT2D eigenvalue weighted by Gasteiger charge is 2.11. The summed E-state index contributed by atoms with van der Waals surface area (Å²) in [5, 5.41) is 6.12. The zero-order valence-corrected chi connectivity index (χ0v) is 17.5. The van der Waals surface area contributed by atoms with Crippen LogP contribution in [0.1, 0.15) is 23.4 Å². The lowest BCUT2D eigenvalue weighted by atomic mass is 10.1. The lowest BCUT2D eigenvalue weighted by Crippen LogP contribution is -2.25. The largest absolute Gasteiger partial charge is 0.493 e. The van der Waals surface area contributed by atoms with Crippen molar-refractivity contribution in [1.29, 1.82) is 0 Å². The van der Waals surface area contributed by atoms with E-state index < -0.39 is 0 Å². The monoisotopic (exact) mass is 411 g/mol. The van der Waals surface area contributed by atoms with Crippen LogP contribution in [0.3, 0.4) is 0 Å². The number of hydrogen-bond acceptors (Lipinski definition) is 6. The summed E-state index contributed by atoms with van der Waals surface area (Å²) in [6, 6.07) is 9.62. The second-order valence-corrected chi connectivity index (χ2v) is 7.41. The Hall–Kier alpha value is -2.93. The van der Waals surface area contributed by atoms with E-state index in [0.29, 0.717) is 30.9 Å². The highest BCUT2D eigenvalue weighted by Crippen LogP contribution is 2.31. The lowest BCUT2D eigenvalue weighted by molar-refractivity contribution is -0.121. The van der Waals surface area contributed by atoms with Crippen molar-refractivity contribution in [2.24, 2.45) is 0 Å². The van der Waals surface area contributed by atoms with Gasteiger partial charge in [-0.3, -0.25) is 9.78 Å². The quantitative estimate of drug-likeness (QED) is 0.512. The van der Waals surface area contributed by atoms with Gasteiger partial charge in [0.2, 0.25) is 5.91 Å². The molecule has 3 rings (SSSR count). The van der Waals surface area contributed by atoms with Gasteiger partial charge in [0.05, 0.1) is 24.9 Å². The van der Waals surface area contributed by atoms with Gasteiger partial charge in [0.25, 0.3) is 0 Å². The Bertz CT molecular complexity index is 928. The molecular weight excluding hydrogens is 386 g/mol. The number of thiazole rings is 1. The molecule has 1 N–H and O–H groups in total. The maximum Gasteiger partial charge on any atom is 0.220 e. The Balaban J connectivity index is 1.40. The number of aromatic nitrogens is 2. The lowest BCUT2D eigenvalue weighted by Gasteiger charge is -2.12. The summed E-state index contributed by atoms with van der Waals surface area (Å²) in [4.78, 5) is 20.9. The molecule has 152 valence electrons. The van der Waals surface area contributed by atoms with Gasteiger partial charge in [0.1, 0.15) is 0 Å². The van der Waals surface area contributed by atoms with Crippen LogP contribution in [0.25, 0.3) is 11.3 Å². The van der Waals surface area contributed by atoms with Crippen molar-refractivity contribution in [2.75, 3.05) is 20.8 Å². The highest BCUT2D eigenvalue weighted by molar-refractivity contribution is 7.09. The number of methoxy groups -OCH3 is 2. The third-order valence-electron chi connectivity index (χ3n) is 4.52. The van der Waals surface area contributed by atoms with Crippen LogP contribution >= 0.6 is 11.3 Å². The maximum absolute atomic E-state index is 12.2. The SMILES string of the molecule is COc1cccc(CCC(=O)NCCCc2nc(-c3ccncc3)cs2)c1OC. The van der Waals surface area contributed by atoms with Gasteiger partial charge in [-0.1, -0.05) is 12.1 Å². The number of carbonyl (C=O) groups excluding carboxylic acids is 1. The molecule has 29 heavy (non-hydrogen) atoms. The fourth-order valence-electron chi connectivity index (χ4n) is 3.04. The van der Waals surface area contributed by atoms with Gasteiger partial charge in [-0.05, 0) is 36.6 Å². The molecule has 2 heterocycles. The minimum atomic E-state index is 0.0338. The number of amides is 1. The number of aryl methyl sites for hydroxylation is 2. The van der Waals surface area contributed by atoms with Crippen molar-refractivity contribution in [3.8, 4) is 22.8 Å². The molecule has 0 atom stereocenters. The van der Waals surface area contributed by atoms with E-state index in [4.69, 9.17) is 9.47 Å². The van der Waals surface area contributed by atoms with Gasteiger partial charge in [0, 0.05) is 42.7 Å². The number of hydrogen-bond donors (Lipinski definition) is 1. The van der Waals surface area contributed by atoms with E-state index >= 15 is 0 Å². The summed E-state index contributed by atoms with van der Waals surface area (Å²) in [6.07, 6.45) is 6.26. The minimum absolute atomic E-state index is 0.0338. The van der Waals surface area contributed by atoms with Crippen molar-refractivity contribution in [3.05, 3.63) is 58.7 Å². The molecule has 1 amide bonds. The third kappa shape index (κ3) is 5.77. The summed E-state index contributed by atoms with van der Waals surface area (Å²) in [7, 11) is 3.22. The third-order valence-corrected chi connectivity index (χ3v) is 5.43.